The average Bonchev–Trinajstić information content (AvgIpc) is 3.00. The van der Waals surface area contributed by atoms with Crippen molar-refractivity contribution in [2.24, 2.45) is 7.05 Å². The topological polar surface area (TPSA) is 17.8 Å². The van der Waals surface area contributed by atoms with E-state index in [2.05, 4.69) is 76.1 Å². The number of thiophene rings is 1. The molecule has 2 aromatic carbocycles. The number of hydrogen-bond donors (Lipinski definition) is 0. The Morgan fingerprint density at radius 1 is 1.10 bits per heavy atom. The van der Waals surface area contributed by atoms with Crippen molar-refractivity contribution in [3.8, 4) is 10.7 Å². The summed E-state index contributed by atoms with van der Waals surface area (Å²) in [5.41, 5.74) is 2.18. The Balaban J connectivity index is 1.99. The monoisotopic (exact) mass is 342 g/mol. The number of fused-ring (bicyclic) bond motifs is 2. The fraction of sp³-hybridized carbons (Fsp3) is 0.0625. The first kappa shape index (κ1) is 12.1. The lowest BCUT2D eigenvalue weighted by atomic mass is 10.2. The summed E-state index contributed by atoms with van der Waals surface area (Å²) in [5.74, 6) is 1.03. The summed E-state index contributed by atoms with van der Waals surface area (Å²) in [6.07, 6.45) is 0. The predicted octanol–water partition coefficient (Wildman–Crippen LogP) is 5.22. The minimum absolute atomic E-state index is 1.02. The van der Waals surface area contributed by atoms with Crippen molar-refractivity contribution in [3.05, 3.63) is 53.0 Å². The molecule has 0 unspecified atom stereocenters. The first-order chi connectivity index (χ1) is 9.72. The smallest absolute Gasteiger partial charge is 0.151 e. The minimum atomic E-state index is 1.02. The Morgan fingerprint density at radius 2 is 1.95 bits per heavy atom. The standard InChI is InChI=1S/C16H11BrN2S/c1-19-13-7-6-11(17)9-12(13)18-16(19)15-8-10-4-2-3-5-14(10)20-15/h2-9H,1H3. The normalized spacial score (nSPS) is 11.5. The maximum Gasteiger partial charge on any atom is 0.151 e. The zero-order chi connectivity index (χ0) is 13.7. The summed E-state index contributed by atoms with van der Waals surface area (Å²) >= 11 is 5.29. The van der Waals surface area contributed by atoms with Gasteiger partial charge in [-0.05, 0) is 35.7 Å². The van der Waals surface area contributed by atoms with Gasteiger partial charge >= 0.3 is 0 Å². The summed E-state index contributed by atoms with van der Waals surface area (Å²) in [6, 6.07) is 16.9. The second-order valence-corrected chi connectivity index (χ2v) is 6.78. The Kier molecular flexibility index (Phi) is 2.69. The van der Waals surface area contributed by atoms with E-state index >= 15 is 0 Å². The molecule has 0 spiro atoms. The predicted molar refractivity (Wildman–Crippen MR) is 89.2 cm³/mol. The van der Waals surface area contributed by atoms with Crippen molar-refractivity contribution in [3.63, 3.8) is 0 Å². The van der Waals surface area contributed by atoms with Crippen molar-refractivity contribution >= 4 is 48.4 Å². The number of aromatic nitrogens is 2. The van der Waals surface area contributed by atoms with Crippen LogP contribution >= 0.6 is 27.3 Å². The van der Waals surface area contributed by atoms with Gasteiger partial charge < -0.3 is 4.57 Å². The van der Waals surface area contributed by atoms with E-state index in [1.165, 1.54) is 15.0 Å². The van der Waals surface area contributed by atoms with Crippen molar-refractivity contribution in [1.29, 1.82) is 0 Å². The van der Waals surface area contributed by atoms with Crippen LogP contribution in [0.25, 0.3) is 31.8 Å². The van der Waals surface area contributed by atoms with Crippen LogP contribution in [-0.2, 0) is 7.05 Å². The molecule has 4 heteroatoms. The van der Waals surface area contributed by atoms with Crippen molar-refractivity contribution < 1.29 is 0 Å². The van der Waals surface area contributed by atoms with E-state index < -0.39 is 0 Å². The van der Waals surface area contributed by atoms with E-state index in [4.69, 9.17) is 4.98 Å². The van der Waals surface area contributed by atoms with Crippen LogP contribution in [0, 0.1) is 0 Å². The molecule has 2 aromatic heterocycles. The summed E-state index contributed by atoms with van der Waals surface area (Å²) in [7, 11) is 2.07. The van der Waals surface area contributed by atoms with Gasteiger partial charge in [-0.2, -0.15) is 0 Å². The van der Waals surface area contributed by atoms with Gasteiger partial charge in [0.15, 0.2) is 5.82 Å². The number of rotatable bonds is 1. The largest absolute Gasteiger partial charge is 0.326 e. The molecule has 0 N–H and O–H groups in total. The van der Waals surface area contributed by atoms with E-state index in [1.807, 2.05) is 0 Å². The SMILES string of the molecule is Cn1c(-c2cc3ccccc3s2)nc2cc(Br)ccc21. The fourth-order valence-electron chi connectivity index (χ4n) is 2.49. The number of benzene rings is 2. The molecule has 98 valence electrons. The van der Waals surface area contributed by atoms with Gasteiger partial charge in [-0.1, -0.05) is 34.1 Å². The van der Waals surface area contributed by atoms with Crippen LogP contribution in [0.4, 0.5) is 0 Å². The van der Waals surface area contributed by atoms with Crippen LogP contribution in [0.1, 0.15) is 0 Å². The summed E-state index contributed by atoms with van der Waals surface area (Å²) < 4.78 is 4.52. The molecule has 0 aliphatic carbocycles. The second kappa shape index (κ2) is 4.43. The third kappa shape index (κ3) is 1.79. The lowest BCUT2D eigenvalue weighted by Crippen LogP contribution is -1.89. The van der Waals surface area contributed by atoms with Crippen molar-refractivity contribution in [2.45, 2.75) is 0 Å². The van der Waals surface area contributed by atoms with Gasteiger partial charge in [-0.3, -0.25) is 0 Å². The molecule has 0 radical (unpaired) electrons. The third-order valence-corrected chi connectivity index (χ3v) is 5.09. The highest BCUT2D eigenvalue weighted by molar-refractivity contribution is 9.10. The molecule has 2 heterocycles. The highest BCUT2D eigenvalue weighted by Crippen LogP contribution is 2.34. The molecular weight excluding hydrogens is 332 g/mol. The van der Waals surface area contributed by atoms with Crippen molar-refractivity contribution in [1.82, 2.24) is 9.55 Å². The number of hydrogen-bond acceptors (Lipinski definition) is 2. The number of halogens is 1. The molecule has 0 bridgehead atoms. The van der Waals surface area contributed by atoms with Gasteiger partial charge in [0.05, 0.1) is 15.9 Å². The van der Waals surface area contributed by atoms with Crippen LogP contribution < -0.4 is 0 Å². The van der Waals surface area contributed by atoms with E-state index in [0.717, 1.165) is 21.3 Å². The van der Waals surface area contributed by atoms with E-state index in [1.54, 1.807) is 11.3 Å². The molecule has 0 saturated heterocycles. The van der Waals surface area contributed by atoms with Crippen LogP contribution in [0.15, 0.2) is 53.0 Å². The molecule has 0 amide bonds. The van der Waals surface area contributed by atoms with Crippen LogP contribution in [0.5, 0.6) is 0 Å². The zero-order valence-electron chi connectivity index (χ0n) is 10.8. The molecule has 0 atom stereocenters. The number of nitrogens with zero attached hydrogens (tertiary/aromatic N) is 2. The van der Waals surface area contributed by atoms with Gasteiger partial charge in [0, 0.05) is 16.2 Å². The quantitative estimate of drug-likeness (QED) is 0.463. The highest BCUT2D eigenvalue weighted by atomic mass is 79.9. The van der Waals surface area contributed by atoms with E-state index in [0.29, 0.717) is 0 Å². The molecule has 0 aliphatic heterocycles. The van der Waals surface area contributed by atoms with Gasteiger partial charge in [0.2, 0.25) is 0 Å². The van der Waals surface area contributed by atoms with Gasteiger partial charge in [0.25, 0.3) is 0 Å². The zero-order valence-corrected chi connectivity index (χ0v) is 13.2. The second-order valence-electron chi connectivity index (χ2n) is 4.78. The van der Waals surface area contributed by atoms with Gasteiger partial charge in [0.1, 0.15) is 0 Å². The lowest BCUT2D eigenvalue weighted by molar-refractivity contribution is 0.963. The fourth-order valence-corrected chi connectivity index (χ4v) is 3.92. The Hall–Kier alpha value is -1.65. The molecule has 4 aromatic rings. The van der Waals surface area contributed by atoms with Crippen LogP contribution in [0.2, 0.25) is 0 Å². The van der Waals surface area contributed by atoms with E-state index in [9.17, 15) is 0 Å². The lowest BCUT2D eigenvalue weighted by Gasteiger charge is -1.98. The Labute approximate surface area is 128 Å². The highest BCUT2D eigenvalue weighted by Gasteiger charge is 2.12. The average molecular weight is 343 g/mol. The van der Waals surface area contributed by atoms with Gasteiger partial charge in [-0.15, -0.1) is 11.3 Å². The molecule has 0 aliphatic rings. The molecule has 0 fully saturated rings. The molecule has 4 rings (SSSR count). The Morgan fingerprint density at radius 3 is 2.80 bits per heavy atom. The molecule has 2 nitrogen and oxygen atoms in total. The van der Waals surface area contributed by atoms with Crippen molar-refractivity contribution in [2.75, 3.05) is 0 Å². The third-order valence-electron chi connectivity index (χ3n) is 3.49. The van der Waals surface area contributed by atoms with Gasteiger partial charge in [-0.25, -0.2) is 4.98 Å². The molecule has 20 heavy (non-hydrogen) atoms. The van der Waals surface area contributed by atoms with E-state index in [-0.39, 0.29) is 0 Å². The first-order valence-electron chi connectivity index (χ1n) is 6.33. The summed E-state index contributed by atoms with van der Waals surface area (Å²) in [5, 5.41) is 1.28. The number of imidazole rings is 1. The maximum absolute atomic E-state index is 4.78. The van der Waals surface area contributed by atoms with Crippen LogP contribution in [-0.4, -0.2) is 9.55 Å². The maximum atomic E-state index is 4.78. The molecule has 0 saturated carbocycles. The van der Waals surface area contributed by atoms with Crippen LogP contribution in [0.3, 0.4) is 0 Å². The minimum Gasteiger partial charge on any atom is -0.326 e. The number of aryl methyl sites for hydroxylation is 1. The molecular formula is C16H11BrN2S. The first-order valence-corrected chi connectivity index (χ1v) is 7.94. The summed E-state index contributed by atoms with van der Waals surface area (Å²) in [6.45, 7) is 0. The Bertz CT molecular complexity index is 903. The summed E-state index contributed by atoms with van der Waals surface area (Å²) in [4.78, 5) is 5.99.